The molecule has 0 aromatic carbocycles. The second kappa shape index (κ2) is 5.34. The van der Waals surface area contributed by atoms with Crippen molar-refractivity contribution in [1.29, 1.82) is 0 Å². The summed E-state index contributed by atoms with van der Waals surface area (Å²) in [6.45, 7) is 4.12. The van der Waals surface area contributed by atoms with Crippen LogP contribution in [0.5, 0.6) is 0 Å². The molecule has 112 valence electrons. The van der Waals surface area contributed by atoms with Gasteiger partial charge in [-0.05, 0) is 31.1 Å². The van der Waals surface area contributed by atoms with Gasteiger partial charge >= 0.3 is 0 Å². The average molecular weight is 315 g/mol. The number of thiophene rings is 1. The van der Waals surface area contributed by atoms with E-state index in [1.165, 1.54) is 16.5 Å². The maximum Gasteiger partial charge on any atom is 0.288 e. The smallest absolute Gasteiger partial charge is 0.288 e. The number of rotatable bonds is 3. The van der Waals surface area contributed by atoms with Gasteiger partial charge in [-0.1, -0.05) is 6.92 Å². The molecule has 3 rings (SSSR count). The van der Waals surface area contributed by atoms with Crippen LogP contribution in [0.3, 0.4) is 0 Å². The lowest BCUT2D eigenvalue weighted by molar-refractivity contribution is -0.385. The Morgan fingerprint density at radius 2 is 2.23 bits per heavy atom. The van der Waals surface area contributed by atoms with Crippen LogP contribution in [0.25, 0.3) is 11.6 Å². The molecule has 0 radical (unpaired) electrons. The van der Waals surface area contributed by atoms with E-state index in [-0.39, 0.29) is 11.6 Å². The van der Waals surface area contributed by atoms with E-state index >= 15 is 0 Å². The van der Waals surface area contributed by atoms with Gasteiger partial charge in [-0.15, -0.1) is 11.3 Å². The van der Waals surface area contributed by atoms with Gasteiger partial charge < -0.3 is 5.32 Å². The van der Waals surface area contributed by atoms with E-state index in [2.05, 4.69) is 17.2 Å². The van der Waals surface area contributed by atoms with Crippen molar-refractivity contribution in [2.24, 2.45) is 0 Å². The molecule has 0 saturated carbocycles. The molecule has 0 atom stereocenters. The van der Waals surface area contributed by atoms with E-state index < -0.39 is 4.92 Å². The molecule has 1 N–H and O–H groups in total. The number of fused-ring (bicyclic) bond motifs is 1. The molecule has 3 heterocycles. The summed E-state index contributed by atoms with van der Waals surface area (Å²) in [5.41, 5.74) is 1.95. The minimum Gasteiger partial charge on any atom is -0.306 e. The van der Waals surface area contributed by atoms with Crippen LogP contribution in [0.2, 0.25) is 0 Å². The summed E-state index contributed by atoms with van der Waals surface area (Å²) >= 11 is 1.62. The maximum atomic E-state index is 12.1. The van der Waals surface area contributed by atoms with E-state index in [0.717, 1.165) is 17.5 Å². The second-order valence-electron chi connectivity index (χ2n) is 4.97. The van der Waals surface area contributed by atoms with Crippen LogP contribution in [-0.2, 0) is 11.2 Å². The number of aromatic nitrogens is 1. The molecule has 1 amide bonds. The minimum absolute atomic E-state index is 0.127. The Labute approximate surface area is 130 Å². The van der Waals surface area contributed by atoms with Crippen LogP contribution < -0.4 is 5.32 Å². The second-order valence-corrected chi connectivity index (χ2v) is 6.14. The zero-order valence-electron chi connectivity index (χ0n) is 12.0. The van der Waals surface area contributed by atoms with Crippen molar-refractivity contribution >= 4 is 40.4 Å². The molecule has 0 fully saturated rings. The number of anilines is 1. The van der Waals surface area contributed by atoms with Crippen molar-refractivity contribution in [2.45, 2.75) is 20.3 Å². The Morgan fingerprint density at radius 3 is 2.86 bits per heavy atom. The summed E-state index contributed by atoms with van der Waals surface area (Å²) in [6.07, 6.45) is 3.85. The summed E-state index contributed by atoms with van der Waals surface area (Å²) in [6, 6.07) is 3.40. The van der Waals surface area contributed by atoms with E-state index in [0.29, 0.717) is 17.0 Å². The lowest BCUT2D eigenvalue weighted by Crippen LogP contribution is -2.04. The number of aryl methyl sites for hydroxylation is 2. The largest absolute Gasteiger partial charge is 0.306 e. The van der Waals surface area contributed by atoms with Gasteiger partial charge in [-0.25, -0.2) is 4.98 Å². The number of hydrogen-bond donors (Lipinski definition) is 1. The van der Waals surface area contributed by atoms with Gasteiger partial charge in [0.1, 0.15) is 12.0 Å². The Morgan fingerprint density at radius 1 is 1.45 bits per heavy atom. The molecule has 2 aromatic heterocycles. The lowest BCUT2D eigenvalue weighted by Gasteiger charge is -1.97. The van der Waals surface area contributed by atoms with Crippen molar-refractivity contribution in [3.05, 3.63) is 49.3 Å². The molecular weight excluding hydrogens is 302 g/mol. The number of carbonyl (C=O) groups is 1. The molecule has 1 aliphatic heterocycles. The molecule has 0 saturated heterocycles. The van der Waals surface area contributed by atoms with Crippen molar-refractivity contribution in [2.75, 3.05) is 5.32 Å². The Kier molecular flexibility index (Phi) is 3.50. The van der Waals surface area contributed by atoms with Crippen LogP contribution in [0, 0.1) is 17.0 Å². The van der Waals surface area contributed by atoms with Gasteiger partial charge in [-0.2, -0.15) is 0 Å². The van der Waals surface area contributed by atoms with Gasteiger partial charge in [0.2, 0.25) is 0 Å². The number of hydrogen-bond acceptors (Lipinski definition) is 5. The summed E-state index contributed by atoms with van der Waals surface area (Å²) < 4.78 is 0. The number of amides is 1. The fourth-order valence-corrected chi connectivity index (χ4v) is 3.47. The van der Waals surface area contributed by atoms with E-state index in [4.69, 9.17) is 0 Å². The molecule has 0 spiro atoms. The SMILES string of the molecule is CCc1sc(C=C2C(=O)Nc3ncc([N+](=O)[O-])cc32)cc1C. The third-order valence-electron chi connectivity index (χ3n) is 3.50. The third kappa shape index (κ3) is 2.39. The van der Waals surface area contributed by atoms with Gasteiger partial charge in [0.25, 0.3) is 11.6 Å². The minimum atomic E-state index is -0.516. The number of nitrogens with one attached hydrogen (secondary N) is 1. The summed E-state index contributed by atoms with van der Waals surface area (Å²) in [5, 5.41) is 13.5. The molecule has 0 bridgehead atoms. The summed E-state index contributed by atoms with van der Waals surface area (Å²) in [4.78, 5) is 28.6. The molecule has 1 aliphatic rings. The maximum absolute atomic E-state index is 12.1. The monoisotopic (exact) mass is 315 g/mol. The normalized spacial score (nSPS) is 15.0. The number of carbonyl (C=O) groups excluding carboxylic acids is 1. The number of nitro groups is 1. The van der Waals surface area contributed by atoms with Crippen molar-refractivity contribution < 1.29 is 9.72 Å². The first kappa shape index (κ1) is 14.4. The molecule has 0 aliphatic carbocycles. The van der Waals surface area contributed by atoms with Gasteiger partial charge in [0.15, 0.2) is 0 Å². The molecular formula is C15H13N3O3S. The Balaban J connectivity index is 2.08. The van der Waals surface area contributed by atoms with Crippen LogP contribution in [-0.4, -0.2) is 15.8 Å². The first-order valence-corrected chi connectivity index (χ1v) is 7.58. The highest BCUT2D eigenvalue weighted by Crippen LogP contribution is 2.35. The molecule has 22 heavy (non-hydrogen) atoms. The first-order valence-electron chi connectivity index (χ1n) is 6.76. The molecule has 7 heteroatoms. The van der Waals surface area contributed by atoms with E-state index in [9.17, 15) is 14.9 Å². The molecule has 2 aromatic rings. The zero-order chi connectivity index (χ0) is 15.9. The standard InChI is InChI=1S/C15H13N3O3S/c1-3-13-8(2)4-10(22-13)6-12-11-5-9(18(20)21)7-16-14(11)17-15(12)19/h4-7H,3H2,1-2H3,(H,16,17,19). The predicted molar refractivity (Wildman–Crippen MR) is 85.8 cm³/mol. The first-order chi connectivity index (χ1) is 10.5. The highest BCUT2D eigenvalue weighted by atomic mass is 32.1. The van der Waals surface area contributed by atoms with Crippen LogP contribution in [0.4, 0.5) is 11.5 Å². The van der Waals surface area contributed by atoms with Crippen LogP contribution in [0.1, 0.15) is 27.8 Å². The highest BCUT2D eigenvalue weighted by molar-refractivity contribution is 7.13. The molecule has 6 nitrogen and oxygen atoms in total. The lowest BCUT2D eigenvalue weighted by atomic mass is 10.1. The van der Waals surface area contributed by atoms with E-state index in [1.807, 2.05) is 13.0 Å². The number of pyridine rings is 1. The fourth-order valence-electron chi connectivity index (χ4n) is 2.41. The van der Waals surface area contributed by atoms with Crippen LogP contribution >= 0.6 is 11.3 Å². The fraction of sp³-hybridized carbons (Fsp3) is 0.200. The highest BCUT2D eigenvalue weighted by Gasteiger charge is 2.27. The van der Waals surface area contributed by atoms with Gasteiger partial charge in [0, 0.05) is 21.4 Å². The van der Waals surface area contributed by atoms with E-state index in [1.54, 1.807) is 17.4 Å². The van der Waals surface area contributed by atoms with Gasteiger partial charge in [-0.3, -0.25) is 14.9 Å². The molecule has 0 unspecified atom stereocenters. The number of nitrogens with zero attached hydrogens (tertiary/aromatic N) is 2. The predicted octanol–water partition coefficient (Wildman–Crippen LogP) is 3.41. The van der Waals surface area contributed by atoms with Crippen molar-refractivity contribution in [3.63, 3.8) is 0 Å². The van der Waals surface area contributed by atoms with Crippen molar-refractivity contribution in [3.8, 4) is 0 Å². The van der Waals surface area contributed by atoms with Gasteiger partial charge in [0.05, 0.1) is 10.5 Å². The summed E-state index contributed by atoms with van der Waals surface area (Å²) in [5.74, 6) is 0.0814. The summed E-state index contributed by atoms with van der Waals surface area (Å²) in [7, 11) is 0. The topological polar surface area (TPSA) is 85.1 Å². The average Bonchev–Trinajstić information content (AvgIpc) is 2.99. The third-order valence-corrected chi connectivity index (χ3v) is 4.83. The van der Waals surface area contributed by atoms with Crippen molar-refractivity contribution in [1.82, 2.24) is 4.98 Å². The van der Waals surface area contributed by atoms with Crippen LogP contribution in [0.15, 0.2) is 18.3 Å². The Bertz CT molecular complexity index is 823. The quantitative estimate of drug-likeness (QED) is 0.534. The Hall–Kier alpha value is -2.54. The zero-order valence-corrected chi connectivity index (χ0v) is 12.9.